The van der Waals surface area contributed by atoms with Gasteiger partial charge in [-0.25, -0.2) is 0 Å². The van der Waals surface area contributed by atoms with Crippen LogP contribution in [-0.4, -0.2) is 4.83 Å². The van der Waals surface area contributed by atoms with E-state index in [0.717, 1.165) is 11.8 Å². The number of halogens is 1. The Morgan fingerprint density at radius 3 is 2.47 bits per heavy atom. The first-order valence-electron chi connectivity index (χ1n) is 6.38. The monoisotopic (exact) mass is 288 g/mol. The average molecular weight is 289 g/mol. The summed E-state index contributed by atoms with van der Waals surface area (Å²) in [5, 5.41) is 2.72. The third-order valence-electron chi connectivity index (χ3n) is 4.16. The molecule has 1 saturated carbocycles. The van der Waals surface area contributed by atoms with Crippen LogP contribution >= 0.6 is 15.9 Å². The molecule has 0 aliphatic heterocycles. The number of alkyl halides is 1. The van der Waals surface area contributed by atoms with Gasteiger partial charge in [-0.3, -0.25) is 0 Å². The van der Waals surface area contributed by atoms with E-state index in [-0.39, 0.29) is 0 Å². The minimum Gasteiger partial charge on any atom is -0.0888 e. The maximum absolute atomic E-state index is 3.79. The average Bonchev–Trinajstić information content (AvgIpc) is 2.70. The first kappa shape index (κ1) is 11.3. The summed E-state index contributed by atoms with van der Waals surface area (Å²) in [6, 6.07) is 15.6. The fourth-order valence-corrected chi connectivity index (χ4v) is 3.66. The summed E-state index contributed by atoms with van der Waals surface area (Å²) in [6.45, 7) is 2.37. The predicted octanol–water partition coefficient (Wildman–Crippen LogP) is 5.12. The zero-order valence-electron chi connectivity index (χ0n) is 10.1. The Labute approximate surface area is 111 Å². The highest BCUT2D eigenvalue weighted by atomic mass is 79.9. The van der Waals surface area contributed by atoms with Crippen LogP contribution in [-0.2, 0) is 0 Å². The lowest BCUT2D eigenvalue weighted by molar-refractivity contribution is 0.545. The van der Waals surface area contributed by atoms with Gasteiger partial charge in [-0.2, -0.15) is 0 Å². The Kier molecular flexibility index (Phi) is 2.96. The van der Waals surface area contributed by atoms with E-state index in [4.69, 9.17) is 0 Å². The van der Waals surface area contributed by atoms with Crippen LogP contribution in [0.15, 0.2) is 42.5 Å². The molecule has 0 aromatic heterocycles. The van der Waals surface area contributed by atoms with Crippen molar-refractivity contribution in [2.75, 3.05) is 0 Å². The molecule has 3 atom stereocenters. The lowest BCUT2D eigenvalue weighted by Crippen LogP contribution is -2.08. The number of fused-ring (bicyclic) bond motifs is 1. The van der Waals surface area contributed by atoms with Crippen molar-refractivity contribution in [2.45, 2.75) is 30.5 Å². The Bertz CT molecular complexity index is 532. The molecule has 2 aromatic rings. The molecular weight excluding hydrogens is 272 g/mol. The molecule has 0 heterocycles. The number of benzene rings is 2. The Morgan fingerprint density at radius 1 is 1.00 bits per heavy atom. The van der Waals surface area contributed by atoms with Gasteiger partial charge in [-0.15, -0.1) is 0 Å². The summed E-state index contributed by atoms with van der Waals surface area (Å²) in [4.78, 5) is 0.693. The third kappa shape index (κ3) is 2.01. The fourth-order valence-electron chi connectivity index (χ4n) is 3.03. The minimum absolute atomic E-state index is 0.693. The molecule has 1 heteroatoms. The number of rotatable bonds is 1. The van der Waals surface area contributed by atoms with Crippen LogP contribution in [0.5, 0.6) is 0 Å². The van der Waals surface area contributed by atoms with Crippen molar-refractivity contribution in [2.24, 2.45) is 5.92 Å². The third-order valence-corrected chi connectivity index (χ3v) is 5.45. The van der Waals surface area contributed by atoms with Crippen LogP contribution in [0.25, 0.3) is 10.8 Å². The maximum atomic E-state index is 3.79. The van der Waals surface area contributed by atoms with Crippen molar-refractivity contribution in [1.82, 2.24) is 0 Å². The van der Waals surface area contributed by atoms with Gasteiger partial charge in [-0.1, -0.05) is 65.3 Å². The van der Waals surface area contributed by atoms with Crippen molar-refractivity contribution < 1.29 is 0 Å². The zero-order chi connectivity index (χ0) is 11.8. The van der Waals surface area contributed by atoms with Gasteiger partial charge in [0.15, 0.2) is 0 Å². The van der Waals surface area contributed by atoms with Crippen molar-refractivity contribution >= 4 is 26.7 Å². The molecule has 3 unspecified atom stereocenters. The lowest BCUT2D eigenvalue weighted by Gasteiger charge is -2.18. The van der Waals surface area contributed by atoms with E-state index < -0.39 is 0 Å². The molecule has 0 radical (unpaired) electrons. The molecule has 1 aliphatic rings. The molecule has 2 aromatic carbocycles. The quantitative estimate of drug-likeness (QED) is 0.639. The van der Waals surface area contributed by atoms with Crippen LogP contribution in [0.2, 0.25) is 0 Å². The van der Waals surface area contributed by atoms with E-state index in [2.05, 4.69) is 65.3 Å². The molecular formula is C16H17Br. The van der Waals surface area contributed by atoms with Crippen molar-refractivity contribution in [3.63, 3.8) is 0 Å². The lowest BCUT2D eigenvalue weighted by atomic mass is 9.89. The molecule has 0 amide bonds. The molecule has 17 heavy (non-hydrogen) atoms. The zero-order valence-corrected chi connectivity index (χ0v) is 11.7. The van der Waals surface area contributed by atoms with Gasteiger partial charge in [0, 0.05) is 4.83 Å². The summed E-state index contributed by atoms with van der Waals surface area (Å²) in [6.07, 6.45) is 2.62. The summed E-state index contributed by atoms with van der Waals surface area (Å²) in [5.74, 6) is 1.47. The van der Waals surface area contributed by atoms with E-state index in [1.807, 2.05) is 0 Å². The standard InChI is InChI=1S/C16H17Br/c1-11-15(8-9-16(11)17)14-7-6-12-4-2-3-5-13(12)10-14/h2-7,10-11,15-16H,8-9H2,1H3. The number of hydrogen-bond acceptors (Lipinski definition) is 0. The van der Waals surface area contributed by atoms with Crippen LogP contribution in [0, 0.1) is 5.92 Å². The van der Waals surface area contributed by atoms with Gasteiger partial charge in [0.25, 0.3) is 0 Å². The number of hydrogen-bond donors (Lipinski definition) is 0. The first-order valence-corrected chi connectivity index (χ1v) is 7.30. The molecule has 0 N–H and O–H groups in total. The molecule has 0 spiro atoms. The van der Waals surface area contributed by atoms with Crippen LogP contribution in [0.4, 0.5) is 0 Å². The van der Waals surface area contributed by atoms with E-state index in [9.17, 15) is 0 Å². The largest absolute Gasteiger partial charge is 0.0888 e. The first-order chi connectivity index (χ1) is 8.25. The van der Waals surface area contributed by atoms with Crippen LogP contribution in [0.1, 0.15) is 31.2 Å². The van der Waals surface area contributed by atoms with E-state index in [1.165, 1.54) is 29.2 Å². The van der Waals surface area contributed by atoms with Crippen LogP contribution in [0.3, 0.4) is 0 Å². The second-order valence-corrected chi connectivity index (χ2v) is 6.34. The van der Waals surface area contributed by atoms with E-state index in [0.29, 0.717) is 4.83 Å². The summed E-state index contributed by atoms with van der Waals surface area (Å²) >= 11 is 3.79. The van der Waals surface area contributed by atoms with Crippen molar-refractivity contribution in [3.05, 3.63) is 48.0 Å². The van der Waals surface area contributed by atoms with Crippen molar-refractivity contribution in [3.8, 4) is 0 Å². The van der Waals surface area contributed by atoms with E-state index in [1.54, 1.807) is 0 Å². The van der Waals surface area contributed by atoms with Gasteiger partial charge in [0.2, 0.25) is 0 Å². The molecule has 3 rings (SSSR count). The van der Waals surface area contributed by atoms with Gasteiger partial charge in [0.1, 0.15) is 0 Å². The molecule has 0 nitrogen and oxygen atoms in total. The molecule has 88 valence electrons. The normalized spacial score (nSPS) is 28.7. The topological polar surface area (TPSA) is 0 Å². The second kappa shape index (κ2) is 4.45. The fraction of sp³-hybridized carbons (Fsp3) is 0.375. The van der Waals surface area contributed by atoms with Gasteiger partial charge in [-0.05, 0) is 41.0 Å². The SMILES string of the molecule is CC1C(Br)CCC1c1ccc2ccccc2c1. The second-order valence-electron chi connectivity index (χ2n) is 5.17. The van der Waals surface area contributed by atoms with Gasteiger partial charge >= 0.3 is 0 Å². The smallest absolute Gasteiger partial charge is 0.0177 e. The van der Waals surface area contributed by atoms with Crippen molar-refractivity contribution in [1.29, 1.82) is 0 Å². The highest BCUT2D eigenvalue weighted by Crippen LogP contribution is 2.43. The van der Waals surface area contributed by atoms with Gasteiger partial charge in [0.05, 0.1) is 0 Å². The molecule has 0 bridgehead atoms. The molecule has 1 aliphatic carbocycles. The molecule has 1 fully saturated rings. The Hall–Kier alpha value is -0.820. The summed E-state index contributed by atoms with van der Waals surface area (Å²) in [7, 11) is 0. The highest BCUT2D eigenvalue weighted by Gasteiger charge is 2.31. The molecule has 0 saturated heterocycles. The maximum Gasteiger partial charge on any atom is 0.0177 e. The highest BCUT2D eigenvalue weighted by molar-refractivity contribution is 9.09. The van der Waals surface area contributed by atoms with Gasteiger partial charge < -0.3 is 0 Å². The van der Waals surface area contributed by atoms with Crippen LogP contribution < -0.4 is 0 Å². The Balaban J connectivity index is 2.01. The summed E-state index contributed by atoms with van der Waals surface area (Å²) < 4.78 is 0. The summed E-state index contributed by atoms with van der Waals surface area (Å²) in [5.41, 5.74) is 1.51. The van der Waals surface area contributed by atoms with E-state index >= 15 is 0 Å². The Morgan fingerprint density at radius 2 is 1.76 bits per heavy atom. The minimum atomic E-state index is 0.693. The predicted molar refractivity (Wildman–Crippen MR) is 77.8 cm³/mol.